The van der Waals surface area contributed by atoms with E-state index in [1.165, 1.54) is 0 Å². The highest BCUT2D eigenvalue weighted by Crippen LogP contribution is 2.28. The van der Waals surface area contributed by atoms with Crippen molar-refractivity contribution < 1.29 is 4.74 Å². The summed E-state index contributed by atoms with van der Waals surface area (Å²) in [5.74, 6) is 0.538. The van der Waals surface area contributed by atoms with Crippen molar-refractivity contribution >= 4 is 17.3 Å². The van der Waals surface area contributed by atoms with Crippen molar-refractivity contribution in [3.63, 3.8) is 0 Å². The van der Waals surface area contributed by atoms with Crippen LogP contribution in [-0.4, -0.2) is 21.9 Å². The van der Waals surface area contributed by atoms with Gasteiger partial charge in [0.2, 0.25) is 5.88 Å². The largest absolute Gasteiger partial charge is 0.481 e. The van der Waals surface area contributed by atoms with Crippen molar-refractivity contribution in [2.24, 2.45) is 0 Å². The highest BCUT2D eigenvalue weighted by atomic mass is 35.5. The van der Waals surface area contributed by atoms with E-state index in [0.717, 1.165) is 5.56 Å². The first-order valence-corrected chi connectivity index (χ1v) is 5.48. The molecule has 2 aromatic rings. The van der Waals surface area contributed by atoms with Crippen LogP contribution in [0.1, 0.15) is 18.5 Å². The Morgan fingerprint density at radius 2 is 2.24 bits per heavy atom. The zero-order valence-corrected chi connectivity index (χ0v) is 10.3. The van der Waals surface area contributed by atoms with Crippen LogP contribution >= 0.6 is 11.6 Å². The average Bonchev–Trinajstić information content (AvgIpc) is 2.75. The molecular weight excluding hydrogens is 240 g/mol. The third-order valence-electron chi connectivity index (χ3n) is 2.51. The van der Waals surface area contributed by atoms with Crippen molar-refractivity contribution in [2.45, 2.75) is 13.0 Å². The average molecular weight is 253 g/mol. The second kappa shape index (κ2) is 4.63. The third-order valence-corrected chi connectivity index (χ3v) is 2.71. The number of nitrogen functional groups attached to an aromatic ring is 1. The molecule has 6 heteroatoms. The molecule has 0 aliphatic carbocycles. The van der Waals surface area contributed by atoms with Gasteiger partial charge in [0.1, 0.15) is 0 Å². The van der Waals surface area contributed by atoms with Gasteiger partial charge in [0, 0.05) is 18.0 Å². The number of nitrogens with zero attached hydrogens (tertiary/aromatic N) is 3. The van der Waals surface area contributed by atoms with Gasteiger partial charge in [-0.2, -0.15) is 5.10 Å². The van der Waals surface area contributed by atoms with Crippen LogP contribution in [0.25, 0.3) is 0 Å². The number of halogens is 1. The molecule has 0 aliphatic rings. The number of aromatic nitrogens is 3. The summed E-state index contributed by atoms with van der Waals surface area (Å²) in [6.45, 7) is 1.97. The van der Waals surface area contributed by atoms with Crippen molar-refractivity contribution in [2.75, 3.05) is 12.8 Å². The van der Waals surface area contributed by atoms with E-state index >= 15 is 0 Å². The number of pyridine rings is 1. The van der Waals surface area contributed by atoms with Crippen LogP contribution in [-0.2, 0) is 0 Å². The van der Waals surface area contributed by atoms with Crippen molar-refractivity contribution in [3.8, 4) is 5.88 Å². The van der Waals surface area contributed by atoms with Crippen LogP contribution in [0, 0.1) is 0 Å². The molecule has 0 spiro atoms. The normalized spacial score (nSPS) is 12.4. The Morgan fingerprint density at radius 3 is 2.82 bits per heavy atom. The number of methoxy groups -OCH3 is 1. The van der Waals surface area contributed by atoms with Crippen LogP contribution in [0.2, 0.25) is 5.02 Å². The number of ether oxygens (including phenoxy) is 1. The van der Waals surface area contributed by atoms with Gasteiger partial charge in [0.05, 0.1) is 30.1 Å². The van der Waals surface area contributed by atoms with Crippen molar-refractivity contribution in [1.82, 2.24) is 14.8 Å². The van der Waals surface area contributed by atoms with Gasteiger partial charge in [-0.25, -0.2) is 4.98 Å². The molecule has 2 heterocycles. The lowest BCUT2D eigenvalue weighted by Crippen LogP contribution is -2.09. The van der Waals surface area contributed by atoms with E-state index in [-0.39, 0.29) is 6.04 Å². The summed E-state index contributed by atoms with van der Waals surface area (Å²) in [7, 11) is 1.57. The molecule has 0 fully saturated rings. The standard InChI is InChI=1S/C11H13ClN4O/c1-7(16-6-9(13)5-15-16)10-3-8(12)4-14-11(10)17-2/h3-7H,13H2,1-2H3. The number of nitrogens with two attached hydrogens (primary N) is 1. The van der Waals surface area contributed by atoms with Gasteiger partial charge in [0.25, 0.3) is 0 Å². The first-order valence-electron chi connectivity index (χ1n) is 5.11. The number of hydrogen-bond acceptors (Lipinski definition) is 4. The van der Waals surface area contributed by atoms with E-state index in [0.29, 0.717) is 16.6 Å². The highest BCUT2D eigenvalue weighted by Gasteiger charge is 2.15. The Bertz CT molecular complexity index is 526. The summed E-state index contributed by atoms with van der Waals surface area (Å²) in [4.78, 5) is 4.12. The summed E-state index contributed by atoms with van der Waals surface area (Å²) < 4.78 is 6.95. The van der Waals surface area contributed by atoms with Crippen LogP contribution in [0.15, 0.2) is 24.7 Å². The van der Waals surface area contributed by atoms with E-state index in [1.54, 1.807) is 30.4 Å². The molecule has 0 bridgehead atoms. The molecule has 0 aromatic carbocycles. The molecule has 0 saturated carbocycles. The maximum Gasteiger partial charge on any atom is 0.218 e. The van der Waals surface area contributed by atoms with Gasteiger partial charge in [-0.15, -0.1) is 0 Å². The lowest BCUT2D eigenvalue weighted by molar-refractivity contribution is 0.384. The Morgan fingerprint density at radius 1 is 1.47 bits per heavy atom. The molecule has 5 nitrogen and oxygen atoms in total. The maximum atomic E-state index is 5.94. The molecule has 2 aromatic heterocycles. The predicted molar refractivity (Wildman–Crippen MR) is 66.3 cm³/mol. The van der Waals surface area contributed by atoms with Gasteiger partial charge in [-0.3, -0.25) is 4.68 Å². The summed E-state index contributed by atoms with van der Waals surface area (Å²) in [6.07, 6.45) is 4.90. The van der Waals surface area contributed by atoms with E-state index in [2.05, 4.69) is 10.1 Å². The van der Waals surface area contributed by atoms with Crippen molar-refractivity contribution in [1.29, 1.82) is 0 Å². The Balaban J connectivity index is 2.42. The molecule has 0 aliphatic heterocycles. The highest BCUT2D eigenvalue weighted by molar-refractivity contribution is 6.30. The quantitative estimate of drug-likeness (QED) is 0.909. The van der Waals surface area contributed by atoms with Crippen LogP contribution in [0.3, 0.4) is 0 Å². The van der Waals surface area contributed by atoms with Crippen LogP contribution in [0.4, 0.5) is 5.69 Å². The Labute approximate surface area is 104 Å². The van der Waals surface area contributed by atoms with Gasteiger partial charge >= 0.3 is 0 Å². The molecule has 2 N–H and O–H groups in total. The smallest absolute Gasteiger partial charge is 0.218 e. The van der Waals surface area contributed by atoms with Gasteiger partial charge in [-0.1, -0.05) is 11.6 Å². The Hall–Kier alpha value is -1.75. The molecule has 1 unspecified atom stereocenters. The minimum absolute atomic E-state index is 0.0477. The monoisotopic (exact) mass is 252 g/mol. The number of rotatable bonds is 3. The van der Waals surface area contributed by atoms with E-state index in [1.807, 2.05) is 13.0 Å². The lowest BCUT2D eigenvalue weighted by atomic mass is 10.1. The fraction of sp³-hybridized carbons (Fsp3) is 0.273. The second-order valence-electron chi connectivity index (χ2n) is 3.68. The van der Waals surface area contributed by atoms with Gasteiger partial charge in [-0.05, 0) is 13.0 Å². The first kappa shape index (κ1) is 11.7. The topological polar surface area (TPSA) is 66.0 Å². The van der Waals surface area contributed by atoms with E-state index in [9.17, 15) is 0 Å². The molecule has 0 amide bonds. The van der Waals surface area contributed by atoms with Crippen LogP contribution < -0.4 is 10.5 Å². The Kier molecular flexibility index (Phi) is 3.19. The van der Waals surface area contributed by atoms with E-state index < -0.39 is 0 Å². The molecule has 17 heavy (non-hydrogen) atoms. The van der Waals surface area contributed by atoms with Crippen LogP contribution in [0.5, 0.6) is 5.88 Å². The predicted octanol–water partition coefficient (Wildman–Crippen LogP) is 2.13. The third kappa shape index (κ3) is 2.34. The molecule has 2 rings (SSSR count). The zero-order valence-electron chi connectivity index (χ0n) is 9.59. The second-order valence-corrected chi connectivity index (χ2v) is 4.12. The molecule has 0 saturated heterocycles. The minimum Gasteiger partial charge on any atom is -0.481 e. The molecule has 0 radical (unpaired) electrons. The zero-order chi connectivity index (χ0) is 12.4. The van der Waals surface area contributed by atoms with E-state index in [4.69, 9.17) is 22.1 Å². The fourth-order valence-electron chi connectivity index (χ4n) is 1.62. The summed E-state index contributed by atoms with van der Waals surface area (Å²) >= 11 is 5.94. The van der Waals surface area contributed by atoms with Crippen molar-refractivity contribution in [3.05, 3.63) is 35.2 Å². The summed E-state index contributed by atoms with van der Waals surface area (Å²) in [5, 5.41) is 4.73. The first-order chi connectivity index (χ1) is 8.11. The molecule has 90 valence electrons. The minimum atomic E-state index is -0.0477. The number of anilines is 1. The number of hydrogen-bond donors (Lipinski definition) is 1. The lowest BCUT2D eigenvalue weighted by Gasteiger charge is -2.15. The maximum absolute atomic E-state index is 5.94. The fourth-order valence-corrected chi connectivity index (χ4v) is 1.79. The van der Waals surface area contributed by atoms with Gasteiger partial charge in [0.15, 0.2) is 0 Å². The molecule has 1 atom stereocenters. The summed E-state index contributed by atoms with van der Waals surface area (Å²) in [5.41, 5.74) is 7.12. The van der Waals surface area contributed by atoms with Gasteiger partial charge < -0.3 is 10.5 Å². The summed E-state index contributed by atoms with van der Waals surface area (Å²) in [6, 6.07) is 1.77. The SMILES string of the molecule is COc1ncc(Cl)cc1C(C)n1cc(N)cn1. The molecular formula is C11H13ClN4O.